The number of Topliss-reactive ketones (excluding diaryl/α,β-unsaturated/α-hetero) is 1. The molecule has 1 aromatic rings. The largest absolute Gasteiger partial charge is 0.497 e. The minimum Gasteiger partial charge on any atom is -0.497 e. The van der Waals surface area contributed by atoms with Crippen LogP contribution in [0.15, 0.2) is 24.3 Å². The molecule has 0 aliphatic carbocycles. The molecule has 7 heteroatoms. The number of carbonyl (C=O) groups is 4. The number of methoxy groups -OCH3 is 1. The van der Waals surface area contributed by atoms with E-state index in [1.807, 2.05) is 0 Å². The molecular formula is C16H18N2O5. The molecule has 1 saturated heterocycles. The number of ketones is 1. The first-order valence-electron chi connectivity index (χ1n) is 7.04. The number of hydrogen-bond acceptors (Lipinski definition) is 5. The Hall–Kier alpha value is -2.70. The van der Waals surface area contributed by atoms with Crippen LogP contribution in [-0.4, -0.2) is 42.2 Å². The van der Waals surface area contributed by atoms with E-state index in [-0.39, 0.29) is 11.5 Å². The zero-order valence-corrected chi connectivity index (χ0v) is 13.5. The maximum absolute atomic E-state index is 12.4. The van der Waals surface area contributed by atoms with Gasteiger partial charge in [-0.05, 0) is 24.3 Å². The number of ether oxygens (including phenoxy) is 1. The van der Waals surface area contributed by atoms with E-state index < -0.39 is 29.8 Å². The predicted octanol–water partition coefficient (Wildman–Crippen LogP) is 1.61. The number of carbonyl (C=O) groups excluding carboxylic acids is 4. The van der Waals surface area contributed by atoms with Crippen molar-refractivity contribution >= 4 is 29.3 Å². The lowest BCUT2D eigenvalue weighted by atomic mass is 9.90. The Bertz CT molecular complexity index is 673. The summed E-state index contributed by atoms with van der Waals surface area (Å²) < 4.78 is 5.01. The second-order valence-electron chi connectivity index (χ2n) is 6.19. The van der Waals surface area contributed by atoms with Gasteiger partial charge < -0.3 is 4.74 Å². The predicted molar refractivity (Wildman–Crippen MR) is 82.1 cm³/mol. The van der Waals surface area contributed by atoms with Gasteiger partial charge in [-0.25, -0.2) is 14.6 Å². The molecule has 1 aliphatic rings. The monoisotopic (exact) mass is 318 g/mol. The van der Waals surface area contributed by atoms with Gasteiger partial charge in [0.15, 0.2) is 5.78 Å². The molecule has 1 aromatic carbocycles. The van der Waals surface area contributed by atoms with Gasteiger partial charge in [-0.2, -0.15) is 0 Å². The highest BCUT2D eigenvalue weighted by Gasteiger charge is 2.46. The number of nitrogens with zero attached hydrogens (tertiary/aromatic N) is 2. The van der Waals surface area contributed by atoms with Gasteiger partial charge in [-0.15, -0.1) is 0 Å². The molecule has 0 aromatic heterocycles. The maximum Gasteiger partial charge on any atom is 0.339 e. The first-order valence-corrected chi connectivity index (χ1v) is 7.04. The first kappa shape index (κ1) is 16.7. The van der Waals surface area contributed by atoms with Crippen LogP contribution in [0.4, 0.5) is 10.5 Å². The quantitative estimate of drug-likeness (QED) is 0.622. The summed E-state index contributed by atoms with van der Waals surface area (Å²) in [6, 6.07) is 5.32. The minimum absolute atomic E-state index is 0.250. The summed E-state index contributed by atoms with van der Waals surface area (Å²) >= 11 is 0. The SMILES string of the molecule is COc1ccc(N2C(=O)C(=O)N(CC(=O)C(C)(C)C)C2=O)cc1. The van der Waals surface area contributed by atoms with Crippen LogP contribution in [0.5, 0.6) is 5.75 Å². The van der Waals surface area contributed by atoms with E-state index in [1.54, 1.807) is 32.9 Å². The Morgan fingerprint density at radius 2 is 1.61 bits per heavy atom. The molecule has 0 bridgehead atoms. The highest BCUT2D eigenvalue weighted by molar-refractivity contribution is 6.53. The summed E-state index contributed by atoms with van der Waals surface area (Å²) in [5, 5.41) is 0. The van der Waals surface area contributed by atoms with E-state index in [0.717, 1.165) is 4.90 Å². The second-order valence-corrected chi connectivity index (χ2v) is 6.19. The van der Waals surface area contributed by atoms with Crippen LogP contribution < -0.4 is 9.64 Å². The number of hydrogen-bond donors (Lipinski definition) is 0. The first-order chi connectivity index (χ1) is 10.7. The molecule has 0 radical (unpaired) electrons. The van der Waals surface area contributed by atoms with Crippen molar-refractivity contribution in [3.63, 3.8) is 0 Å². The molecular weight excluding hydrogens is 300 g/mol. The van der Waals surface area contributed by atoms with Crippen molar-refractivity contribution in [1.29, 1.82) is 0 Å². The normalized spacial score (nSPS) is 15.4. The summed E-state index contributed by atoms with van der Waals surface area (Å²) in [7, 11) is 1.49. The van der Waals surface area contributed by atoms with E-state index in [9.17, 15) is 19.2 Å². The van der Waals surface area contributed by atoms with Crippen LogP contribution in [0.1, 0.15) is 20.8 Å². The van der Waals surface area contributed by atoms with E-state index in [0.29, 0.717) is 10.6 Å². The second kappa shape index (κ2) is 5.83. The fourth-order valence-electron chi connectivity index (χ4n) is 1.98. The molecule has 0 spiro atoms. The number of anilines is 1. The third kappa shape index (κ3) is 3.08. The number of imide groups is 2. The van der Waals surface area contributed by atoms with E-state index >= 15 is 0 Å². The average Bonchev–Trinajstić information content (AvgIpc) is 2.70. The van der Waals surface area contributed by atoms with Gasteiger partial charge in [0.1, 0.15) is 5.75 Å². The Morgan fingerprint density at radius 3 is 2.09 bits per heavy atom. The zero-order valence-electron chi connectivity index (χ0n) is 13.5. The molecule has 0 saturated carbocycles. The summed E-state index contributed by atoms with van der Waals surface area (Å²) in [6.45, 7) is 4.63. The number of benzene rings is 1. The molecule has 0 atom stereocenters. The molecule has 1 fully saturated rings. The van der Waals surface area contributed by atoms with E-state index in [4.69, 9.17) is 4.74 Å². The van der Waals surface area contributed by atoms with Crippen LogP contribution in [0.2, 0.25) is 0 Å². The van der Waals surface area contributed by atoms with E-state index in [2.05, 4.69) is 0 Å². The Kier molecular flexibility index (Phi) is 4.22. The van der Waals surface area contributed by atoms with E-state index in [1.165, 1.54) is 19.2 Å². The Labute approximate surface area is 133 Å². The van der Waals surface area contributed by atoms with Gasteiger partial charge in [0.05, 0.1) is 19.3 Å². The Morgan fingerprint density at radius 1 is 1.04 bits per heavy atom. The molecule has 0 N–H and O–H groups in total. The summed E-state index contributed by atoms with van der Waals surface area (Å²) in [5.41, 5.74) is -0.461. The van der Waals surface area contributed by atoms with Crippen LogP contribution in [0, 0.1) is 5.41 Å². The van der Waals surface area contributed by atoms with Crippen molar-refractivity contribution in [3.05, 3.63) is 24.3 Å². The molecule has 23 heavy (non-hydrogen) atoms. The van der Waals surface area contributed by atoms with Crippen LogP contribution in [0.3, 0.4) is 0 Å². The topological polar surface area (TPSA) is 84.0 Å². The van der Waals surface area contributed by atoms with Crippen molar-refractivity contribution in [2.24, 2.45) is 5.41 Å². The molecule has 1 heterocycles. The number of rotatable bonds is 4. The fraction of sp³-hybridized carbons (Fsp3) is 0.375. The van der Waals surface area contributed by atoms with Crippen molar-refractivity contribution in [1.82, 2.24) is 4.90 Å². The standard InChI is InChI=1S/C16H18N2O5/c1-16(2,3)12(19)9-17-13(20)14(21)18(15(17)22)10-5-7-11(23-4)8-6-10/h5-8H,9H2,1-4H3. The van der Waals surface area contributed by atoms with Crippen molar-refractivity contribution in [2.45, 2.75) is 20.8 Å². The fourth-order valence-corrected chi connectivity index (χ4v) is 1.98. The van der Waals surface area contributed by atoms with Crippen LogP contribution in [-0.2, 0) is 14.4 Å². The van der Waals surface area contributed by atoms with Crippen molar-refractivity contribution in [2.75, 3.05) is 18.6 Å². The lowest BCUT2D eigenvalue weighted by molar-refractivity contribution is -0.141. The highest BCUT2D eigenvalue weighted by Crippen LogP contribution is 2.25. The summed E-state index contributed by atoms with van der Waals surface area (Å²) in [5.74, 6) is -1.71. The molecule has 4 amide bonds. The lowest BCUT2D eigenvalue weighted by Crippen LogP contribution is -2.40. The molecule has 0 unspecified atom stereocenters. The van der Waals surface area contributed by atoms with Crippen molar-refractivity contribution < 1.29 is 23.9 Å². The average molecular weight is 318 g/mol. The van der Waals surface area contributed by atoms with Gasteiger partial charge in [0, 0.05) is 5.41 Å². The molecule has 122 valence electrons. The summed E-state index contributed by atoms with van der Waals surface area (Å²) in [4.78, 5) is 50.0. The van der Waals surface area contributed by atoms with Crippen molar-refractivity contribution in [3.8, 4) is 5.75 Å². The summed E-state index contributed by atoms with van der Waals surface area (Å²) in [6.07, 6.45) is 0. The highest BCUT2D eigenvalue weighted by atomic mass is 16.5. The van der Waals surface area contributed by atoms with Gasteiger partial charge in [0.25, 0.3) is 0 Å². The number of urea groups is 1. The van der Waals surface area contributed by atoms with Gasteiger partial charge in [0.2, 0.25) is 0 Å². The smallest absolute Gasteiger partial charge is 0.339 e. The lowest BCUT2D eigenvalue weighted by Gasteiger charge is -2.20. The van der Waals surface area contributed by atoms with Gasteiger partial charge in [-0.1, -0.05) is 20.8 Å². The van der Waals surface area contributed by atoms with Gasteiger partial charge in [-0.3, -0.25) is 14.4 Å². The Balaban J connectivity index is 2.27. The van der Waals surface area contributed by atoms with Gasteiger partial charge >= 0.3 is 17.8 Å². The molecule has 2 rings (SSSR count). The van der Waals surface area contributed by atoms with Crippen LogP contribution in [0.25, 0.3) is 0 Å². The third-order valence-corrected chi connectivity index (χ3v) is 3.52. The number of amides is 4. The minimum atomic E-state index is -0.997. The maximum atomic E-state index is 12.4. The van der Waals surface area contributed by atoms with Crippen LogP contribution >= 0.6 is 0 Å². The molecule has 7 nitrogen and oxygen atoms in total. The zero-order chi connectivity index (χ0) is 17.4. The molecule has 1 aliphatic heterocycles. The third-order valence-electron chi connectivity index (χ3n) is 3.52.